The molecule has 3 aromatic rings. The van der Waals surface area contributed by atoms with Crippen LogP contribution in [-0.2, 0) is 0 Å². The number of halogens is 2. The Morgan fingerprint density at radius 2 is 1.89 bits per heavy atom. The molecule has 0 aliphatic carbocycles. The Hall–Kier alpha value is -1.06. The van der Waals surface area contributed by atoms with E-state index in [9.17, 15) is 4.79 Å². The van der Waals surface area contributed by atoms with Gasteiger partial charge < -0.3 is 0 Å². The molecule has 0 aliphatic heterocycles. The van der Waals surface area contributed by atoms with Crippen LogP contribution in [0.2, 0.25) is 10.3 Å². The van der Waals surface area contributed by atoms with E-state index in [2.05, 4.69) is 4.98 Å². The van der Waals surface area contributed by atoms with E-state index in [1.54, 1.807) is 15.7 Å². The first-order valence-corrected chi connectivity index (χ1v) is 7.48. The van der Waals surface area contributed by atoms with E-state index in [1.165, 1.54) is 0 Å². The van der Waals surface area contributed by atoms with Gasteiger partial charge in [0.05, 0.1) is 0 Å². The Bertz CT molecular complexity index is 794. The SMILES string of the molecule is O=c1c2ccccc2[se]n1-c1ccc(Cl)nc1Cl. The second kappa shape index (κ2) is 4.56. The molecule has 0 radical (unpaired) electrons. The van der Waals surface area contributed by atoms with Crippen LogP contribution in [0.25, 0.3) is 15.3 Å². The number of fused-ring (bicyclic) bond motifs is 1. The standard InChI is InChI=1S/C12H6Cl2N2OSe/c13-10-6-5-8(11(14)15-10)16-12(17)7-3-1-2-4-9(7)18-16/h1-6H. The Morgan fingerprint density at radius 1 is 1.11 bits per heavy atom. The van der Waals surface area contributed by atoms with Crippen molar-refractivity contribution in [3.8, 4) is 5.69 Å². The van der Waals surface area contributed by atoms with Crippen LogP contribution in [-0.4, -0.2) is 23.3 Å². The van der Waals surface area contributed by atoms with Gasteiger partial charge in [0, 0.05) is 0 Å². The van der Waals surface area contributed by atoms with Crippen LogP contribution in [0.3, 0.4) is 0 Å². The van der Waals surface area contributed by atoms with Gasteiger partial charge in [-0.15, -0.1) is 0 Å². The minimum atomic E-state index is -0.104. The summed E-state index contributed by atoms with van der Waals surface area (Å²) in [5.41, 5.74) is 0.582. The van der Waals surface area contributed by atoms with E-state index < -0.39 is 0 Å². The van der Waals surface area contributed by atoms with Crippen molar-refractivity contribution < 1.29 is 0 Å². The summed E-state index contributed by atoms with van der Waals surface area (Å²) in [5.74, 6) is 0. The fourth-order valence-corrected chi connectivity index (χ4v) is 4.36. The molecular formula is C12H6Cl2N2OSe. The molecule has 0 aliphatic rings. The van der Waals surface area contributed by atoms with E-state index in [0.29, 0.717) is 10.8 Å². The summed E-state index contributed by atoms with van der Waals surface area (Å²) in [6, 6.07) is 10.9. The molecule has 0 saturated heterocycles. The molecule has 0 spiro atoms. The molecule has 6 heteroatoms. The average Bonchev–Trinajstić information content (AvgIpc) is 2.68. The summed E-state index contributed by atoms with van der Waals surface area (Å²) in [6.07, 6.45) is 0. The maximum absolute atomic E-state index is 12.3. The predicted octanol–water partition coefficient (Wildman–Crippen LogP) is 2.75. The summed E-state index contributed by atoms with van der Waals surface area (Å²) in [5, 5.41) is 1.31. The number of hydrogen-bond acceptors (Lipinski definition) is 2. The zero-order valence-corrected chi connectivity index (χ0v) is 12.2. The van der Waals surface area contributed by atoms with Crippen molar-refractivity contribution in [2.75, 3.05) is 0 Å². The quantitative estimate of drug-likeness (QED) is 0.503. The van der Waals surface area contributed by atoms with Gasteiger partial charge in [0.1, 0.15) is 0 Å². The van der Waals surface area contributed by atoms with Gasteiger partial charge in [-0.25, -0.2) is 0 Å². The van der Waals surface area contributed by atoms with Crippen molar-refractivity contribution in [2.45, 2.75) is 0 Å². The van der Waals surface area contributed by atoms with Gasteiger partial charge >= 0.3 is 119 Å². The van der Waals surface area contributed by atoms with Crippen molar-refractivity contribution in [3.63, 3.8) is 0 Å². The predicted molar refractivity (Wildman–Crippen MR) is 74.3 cm³/mol. The Morgan fingerprint density at radius 3 is 2.61 bits per heavy atom. The van der Waals surface area contributed by atoms with Crippen LogP contribution in [0.15, 0.2) is 41.2 Å². The van der Waals surface area contributed by atoms with Crippen molar-refractivity contribution in [2.24, 2.45) is 0 Å². The molecule has 0 bridgehead atoms. The molecule has 3 nitrogen and oxygen atoms in total. The van der Waals surface area contributed by atoms with Crippen LogP contribution in [0.4, 0.5) is 0 Å². The molecule has 0 unspecified atom stereocenters. The molecule has 1 aromatic carbocycles. The first-order chi connectivity index (χ1) is 8.66. The normalized spacial score (nSPS) is 11.0. The van der Waals surface area contributed by atoms with Crippen LogP contribution in [0.1, 0.15) is 0 Å². The maximum atomic E-state index is 12.3. The minimum absolute atomic E-state index is 0.0309. The molecule has 0 atom stereocenters. The first-order valence-electron chi connectivity index (χ1n) is 5.10. The van der Waals surface area contributed by atoms with E-state index in [1.807, 2.05) is 24.3 Å². The summed E-state index contributed by atoms with van der Waals surface area (Å²) in [6.45, 7) is 0. The molecule has 0 fully saturated rings. The van der Waals surface area contributed by atoms with Crippen LogP contribution < -0.4 is 5.56 Å². The number of rotatable bonds is 1. The van der Waals surface area contributed by atoms with Crippen molar-refractivity contribution >= 4 is 47.6 Å². The molecule has 18 heavy (non-hydrogen) atoms. The molecule has 0 amide bonds. The average molecular weight is 344 g/mol. The molecule has 90 valence electrons. The Labute approximate surface area is 119 Å². The molecule has 2 heterocycles. The number of nitrogens with zero attached hydrogens (tertiary/aromatic N) is 2. The third-order valence-corrected chi connectivity index (χ3v) is 5.30. The zero-order chi connectivity index (χ0) is 12.7. The molecule has 0 saturated carbocycles. The Balaban J connectivity index is 2.32. The monoisotopic (exact) mass is 344 g/mol. The van der Waals surface area contributed by atoms with Crippen LogP contribution in [0.5, 0.6) is 0 Å². The van der Waals surface area contributed by atoms with E-state index in [0.717, 1.165) is 9.65 Å². The van der Waals surface area contributed by atoms with Gasteiger partial charge in [-0.3, -0.25) is 0 Å². The van der Waals surface area contributed by atoms with Gasteiger partial charge in [-0.2, -0.15) is 0 Å². The number of aromatic nitrogens is 2. The topological polar surface area (TPSA) is 34.9 Å². The summed E-state index contributed by atoms with van der Waals surface area (Å²) in [4.78, 5) is 16.2. The third-order valence-electron chi connectivity index (χ3n) is 2.51. The van der Waals surface area contributed by atoms with Crippen LogP contribution >= 0.6 is 23.2 Å². The second-order valence-corrected chi connectivity index (χ2v) is 6.45. The third kappa shape index (κ3) is 1.91. The Kier molecular flexibility index (Phi) is 3.04. The van der Waals surface area contributed by atoms with Crippen LogP contribution in [0, 0.1) is 0 Å². The second-order valence-electron chi connectivity index (χ2n) is 3.63. The van der Waals surface area contributed by atoms with Crippen molar-refractivity contribution in [1.82, 2.24) is 8.55 Å². The summed E-state index contributed by atoms with van der Waals surface area (Å²) < 4.78 is 2.73. The fourth-order valence-electron chi connectivity index (χ4n) is 1.69. The van der Waals surface area contributed by atoms with E-state index >= 15 is 0 Å². The molecule has 2 aromatic heterocycles. The van der Waals surface area contributed by atoms with Gasteiger partial charge in [0.2, 0.25) is 0 Å². The van der Waals surface area contributed by atoms with Gasteiger partial charge in [0.15, 0.2) is 0 Å². The molecule has 0 N–H and O–H groups in total. The van der Waals surface area contributed by atoms with E-state index in [-0.39, 0.29) is 25.4 Å². The molecular weight excluding hydrogens is 338 g/mol. The summed E-state index contributed by atoms with van der Waals surface area (Å²) >= 11 is 11.7. The number of pyridine rings is 1. The van der Waals surface area contributed by atoms with Gasteiger partial charge in [-0.05, 0) is 0 Å². The first kappa shape index (κ1) is 12.0. The fraction of sp³-hybridized carbons (Fsp3) is 0. The number of hydrogen-bond donors (Lipinski definition) is 0. The van der Waals surface area contributed by atoms with Crippen molar-refractivity contribution in [3.05, 3.63) is 57.1 Å². The van der Waals surface area contributed by atoms with E-state index in [4.69, 9.17) is 23.2 Å². The van der Waals surface area contributed by atoms with Crippen molar-refractivity contribution in [1.29, 1.82) is 0 Å². The molecule has 3 rings (SSSR count). The van der Waals surface area contributed by atoms with Gasteiger partial charge in [0.25, 0.3) is 0 Å². The number of benzene rings is 1. The van der Waals surface area contributed by atoms with Gasteiger partial charge in [-0.1, -0.05) is 0 Å². The summed E-state index contributed by atoms with van der Waals surface area (Å²) in [7, 11) is 0. The zero-order valence-electron chi connectivity index (χ0n) is 8.93.